The Morgan fingerprint density at radius 3 is 2.73 bits per heavy atom. The second-order valence-corrected chi connectivity index (χ2v) is 4.97. The van der Waals surface area contributed by atoms with Crippen LogP contribution in [0.1, 0.15) is 17.9 Å². The number of nitrogens with zero attached hydrogens (tertiary/aromatic N) is 1. The first-order valence-electron chi connectivity index (χ1n) is 5.46. The van der Waals surface area contributed by atoms with Crippen LogP contribution in [0.4, 0.5) is 0 Å². The SMILES string of the molecule is OCC1CN(P)CCC1c1ccccc1. The molecule has 0 aliphatic carbocycles. The van der Waals surface area contributed by atoms with Crippen LogP contribution in [0, 0.1) is 5.92 Å². The highest BCUT2D eigenvalue weighted by molar-refractivity contribution is 7.13. The minimum atomic E-state index is 0.282. The Labute approximate surface area is 93.6 Å². The zero-order valence-electron chi connectivity index (χ0n) is 8.84. The van der Waals surface area contributed by atoms with Crippen molar-refractivity contribution in [2.45, 2.75) is 12.3 Å². The van der Waals surface area contributed by atoms with Crippen molar-refractivity contribution in [3.05, 3.63) is 35.9 Å². The first-order chi connectivity index (χ1) is 7.31. The molecule has 1 aromatic rings. The molecule has 0 amide bonds. The summed E-state index contributed by atoms with van der Waals surface area (Å²) in [5.41, 5.74) is 1.37. The molecule has 0 radical (unpaired) electrons. The molecule has 1 N–H and O–H groups in total. The topological polar surface area (TPSA) is 23.5 Å². The molecule has 3 atom stereocenters. The van der Waals surface area contributed by atoms with Gasteiger partial charge in [-0.05, 0) is 17.9 Å². The highest BCUT2D eigenvalue weighted by Gasteiger charge is 2.28. The standard InChI is InChI=1S/C12H18NOP/c14-9-11-8-13(15)7-6-12(11)10-4-2-1-3-5-10/h1-5,11-12,14H,6-9,15H2. The van der Waals surface area contributed by atoms with Gasteiger partial charge in [0.25, 0.3) is 0 Å². The summed E-state index contributed by atoms with van der Waals surface area (Å²) in [6, 6.07) is 10.5. The summed E-state index contributed by atoms with van der Waals surface area (Å²) in [5, 5.41) is 9.40. The quantitative estimate of drug-likeness (QED) is 0.774. The van der Waals surface area contributed by atoms with E-state index < -0.39 is 0 Å². The maximum Gasteiger partial charge on any atom is 0.0477 e. The summed E-state index contributed by atoms with van der Waals surface area (Å²) in [7, 11) is 2.73. The van der Waals surface area contributed by atoms with Gasteiger partial charge in [0.1, 0.15) is 0 Å². The van der Waals surface area contributed by atoms with Gasteiger partial charge in [-0.1, -0.05) is 39.7 Å². The van der Waals surface area contributed by atoms with Crippen LogP contribution in [-0.4, -0.2) is 29.5 Å². The van der Waals surface area contributed by atoms with Crippen LogP contribution >= 0.6 is 9.39 Å². The number of aliphatic hydroxyl groups excluding tert-OH is 1. The van der Waals surface area contributed by atoms with Crippen molar-refractivity contribution < 1.29 is 5.11 Å². The molecule has 1 saturated heterocycles. The van der Waals surface area contributed by atoms with Crippen LogP contribution in [-0.2, 0) is 0 Å². The van der Waals surface area contributed by atoms with E-state index in [1.807, 2.05) is 6.07 Å². The number of rotatable bonds is 2. The lowest BCUT2D eigenvalue weighted by atomic mass is 9.82. The van der Waals surface area contributed by atoms with Gasteiger partial charge in [0, 0.05) is 25.6 Å². The van der Waals surface area contributed by atoms with Gasteiger partial charge in [-0.15, -0.1) is 0 Å². The van der Waals surface area contributed by atoms with E-state index >= 15 is 0 Å². The van der Waals surface area contributed by atoms with Crippen molar-refractivity contribution in [3.8, 4) is 0 Å². The summed E-state index contributed by atoms with van der Waals surface area (Å²) in [6.07, 6.45) is 1.14. The first kappa shape index (κ1) is 11.1. The molecule has 0 saturated carbocycles. The zero-order chi connectivity index (χ0) is 10.7. The number of benzene rings is 1. The van der Waals surface area contributed by atoms with E-state index in [0.29, 0.717) is 11.8 Å². The van der Waals surface area contributed by atoms with Gasteiger partial charge < -0.3 is 5.11 Å². The monoisotopic (exact) mass is 223 g/mol. The third-order valence-electron chi connectivity index (χ3n) is 3.23. The number of aliphatic hydroxyl groups is 1. The average molecular weight is 223 g/mol. The summed E-state index contributed by atoms with van der Waals surface area (Å²) >= 11 is 0. The molecular formula is C12H18NOP. The molecule has 82 valence electrons. The minimum absolute atomic E-state index is 0.282. The van der Waals surface area contributed by atoms with Gasteiger partial charge in [-0.25, -0.2) is 0 Å². The van der Waals surface area contributed by atoms with Crippen LogP contribution in [0.15, 0.2) is 30.3 Å². The third-order valence-corrected chi connectivity index (χ3v) is 3.70. The van der Waals surface area contributed by atoms with E-state index in [9.17, 15) is 5.11 Å². The Morgan fingerprint density at radius 1 is 1.33 bits per heavy atom. The molecular weight excluding hydrogens is 205 g/mol. The predicted molar refractivity (Wildman–Crippen MR) is 65.7 cm³/mol. The molecule has 1 aliphatic heterocycles. The maximum absolute atomic E-state index is 9.40. The molecule has 3 unspecified atom stereocenters. The molecule has 3 heteroatoms. The summed E-state index contributed by atoms with van der Waals surface area (Å²) < 4.78 is 2.22. The highest BCUT2D eigenvalue weighted by Crippen LogP contribution is 2.33. The van der Waals surface area contributed by atoms with Gasteiger partial charge in [0.05, 0.1) is 0 Å². The smallest absolute Gasteiger partial charge is 0.0477 e. The van der Waals surface area contributed by atoms with Gasteiger partial charge in [-0.2, -0.15) is 0 Å². The lowest BCUT2D eigenvalue weighted by Gasteiger charge is -2.35. The molecule has 1 aromatic carbocycles. The van der Waals surface area contributed by atoms with Crippen molar-refractivity contribution >= 4 is 9.39 Å². The van der Waals surface area contributed by atoms with E-state index in [0.717, 1.165) is 19.5 Å². The first-order valence-corrected chi connectivity index (χ1v) is 5.98. The van der Waals surface area contributed by atoms with Crippen molar-refractivity contribution in [2.75, 3.05) is 19.7 Å². The Morgan fingerprint density at radius 2 is 2.07 bits per heavy atom. The zero-order valence-corrected chi connectivity index (χ0v) is 10.00. The molecule has 2 nitrogen and oxygen atoms in total. The van der Waals surface area contributed by atoms with Crippen LogP contribution < -0.4 is 0 Å². The summed E-state index contributed by atoms with van der Waals surface area (Å²) in [4.78, 5) is 0. The van der Waals surface area contributed by atoms with Crippen molar-refractivity contribution in [2.24, 2.45) is 5.92 Å². The molecule has 0 aromatic heterocycles. The van der Waals surface area contributed by atoms with Gasteiger partial charge >= 0.3 is 0 Å². The van der Waals surface area contributed by atoms with Crippen LogP contribution in [0.2, 0.25) is 0 Å². The van der Waals surface area contributed by atoms with Crippen LogP contribution in [0.5, 0.6) is 0 Å². The lowest BCUT2D eigenvalue weighted by Crippen LogP contribution is -2.35. The maximum atomic E-state index is 9.40. The summed E-state index contributed by atoms with van der Waals surface area (Å²) in [5.74, 6) is 0.895. The number of hydrogen-bond acceptors (Lipinski definition) is 2. The lowest BCUT2D eigenvalue weighted by molar-refractivity contribution is 0.149. The third kappa shape index (κ3) is 2.57. The van der Waals surface area contributed by atoms with E-state index in [1.54, 1.807) is 0 Å². The number of hydrogen-bond donors (Lipinski definition) is 1. The fourth-order valence-electron chi connectivity index (χ4n) is 2.38. The van der Waals surface area contributed by atoms with E-state index in [1.165, 1.54) is 5.56 Å². The molecule has 15 heavy (non-hydrogen) atoms. The molecule has 1 aliphatic rings. The molecule has 1 heterocycles. The molecule has 2 rings (SSSR count). The highest BCUT2D eigenvalue weighted by atomic mass is 31.0. The fourth-order valence-corrected chi connectivity index (χ4v) is 2.80. The van der Waals surface area contributed by atoms with Crippen LogP contribution in [0.3, 0.4) is 0 Å². The molecule has 1 fully saturated rings. The fraction of sp³-hybridized carbons (Fsp3) is 0.500. The van der Waals surface area contributed by atoms with E-state index in [-0.39, 0.29) is 6.61 Å². The van der Waals surface area contributed by atoms with Gasteiger partial charge in [0.2, 0.25) is 0 Å². The van der Waals surface area contributed by atoms with Crippen molar-refractivity contribution in [1.82, 2.24) is 4.67 Å². The van der Waals surface area contributed by atoms with E-state index in [4.69, 9.17) is 0 Å². The van der Waals surface area contributed by atoms with E-state index in [2.05, 4.69) is 38.3 Å². The van der Waals surface area contributed by atoms with Crippen LogP contribution in [0.25, 0.3) is 0 Å². The Kier molecular flexibility index (Phi) is 3.74. The normalized spacial score (nSPS) is 27.9. The minimum Gasteiger partial charge on any atom is -0.396 e. The summed E-state index contributed by atoms with van der Waals surface area (Å²) in [6.45, 7) is 2.35. The molecule has 0 bridgehead atoms. The van der Waals surface area contributed by atoms with Gasteiger partial charge in [0.15, 0.2) is 0 Å². The van der Waals surface area contributed by atoms with Crippen molar-refractivity contribution in [3.63, 3.8) is 0 Å². The second-order valence-electron chi connectivity index (χ2n) is 4.24. The van der Waals surface area contributed by atoms with Crippen molar-refractivity contribution in [1.29, 1.82) is 0 Å². The Balaban J connectivity index is 2.14. The second kappa shape index (κ2) is 5.07. The number of piperidine rings is 1. The Hall–Kier alpha value is -0.430. The average Bonchev–Trinajstić information content (AvgIpc) is 2.30. The predicted octanol–water partition coefficient (Wildman–Crippen LogP) is 1.87. The molecule has 0 spiro atoms. The Bertz CT molecular complexity index is 304. The van der Waals surface area contributed by atoms with Gasteiger partial charge in [-0.3, -0.25) is 4.67 Å². The largest absolute Gasteiger partial charge is 0.396 e.